The summed E-state index contributed by atoms with van der Waals surface area (Å²) in [6, 6.07) is 8.86. The van der Waals surface area contributed by atoms with Crippen molar-refractivity contribution >= 4 is 11.6 Å². The van der Waals surface area contributed by atoms with Crippen LogP contribution in [0.25, 0.3) is 0 Å². The van der Waals surface area contributed by atoms with Gasteiger partial charge in [0.25, 0.3) is 0 Å². The first-order chi connectivity index (χ1) is 7.78. The van der Waals surface area contributed by atoms with Gasteiger partial charge < -0.3 is 5.32 Å². The number of hydrogen-bond acceptors (Lipinski definition) is 1. The van der Waals surface area contributed by atoms with E-state index in [1.165, 1.54) is 30.4 Å². The molecule has 1 fully saturated rings. The Morgan fingerprint density at radius 3 is 2.25 bits per heavy atom. The van der Waals surface area contributed by atoms with Crippen LogP contribution in [0.3, 0.4) is 0 Å². The molecular weight excluding hydrogens is 218 g/mol. The lowest BCUT2D eigenvalue weighted by Gasteiger charge is -2.41. The third-order valence-electron chi connectivity index (χ3n) is 3.67. The summed E-state index contributed by atoms with van der Waals surface area (Å²) in [5.74, 6) is 0.736. The van der Waals surface area contributed by atoms with Gasteiger partial charge in [-0.05, 0) is 36.8 Å². The smallest absolute Gasteiger partial charge is 0.0406 e. The Hall–Kier alpha value is -0.530. The minimum Gasteiger partial charge on any atom is -0.306 e. The van der Waals surface area contributed by atoms with Crippen molar-refractivity contribution in [2.75, 3.05) is 5.88 Å². The van der Waals surface area contributed by atoms with Crippen LogP contribution < -0.4 is 5.32 Å². The van der Waals surface area contributed by atoms with E-state index in [9.17, 15) is 0 Å². The van der Waals surface area contributed by atoms with E-state index in [1.807, 2.05) is 0 Å². The highest BCUT2D eigenvalue weighted by atomic mass is 35.5. The molecule has 1 nitrogen and oxygen atoms in total. The molecule has 0 atom stereocenters. The average Bonchev–Trinajstić information content (AvgIpc) is 2.29. The third kappa shape index (κ3) is 2.58. The maximum absolute atomic E-state index is 6.01. The molecule has 0 unspecified atom stereocenters. The van der Waals surface area contributed by atoms with Crippen LogP contribution in [0, 0.1) is 0 Å². The molecule has 0 saturated heterocycles. The van der Waals surface area contributed by atoms with Crippen molar-refractivity contribution in [2.45, 2.75) is 44.7 Å². The fourth-order valence-corrected chi connectivity index (χ4v) is 2.51. The highest BCUT2D eigenvalue weighted by molar-refractivity contribution is 6.18. The van der Waals surface area contributed by atoms with E-state index in [1.54, 1.807) is 0 Å². The summed E-state index contributed by atoms with van der Waals surface area (Å²) in [5.41, 5.74) is 2.98. The second-order valence-electron chi connectivity index (χ2n) is 4.79. The lowest BCUT2D eigenvalue weighted by molar-refractivity contribution is 0.211. The topological polar surface area (TPSA) is 12.0 Å². The zero-order chi connectivity index (χ0) is 11.4. The van der Waals surface area contributed by atoms with Crippen molar-refractivity contribution in [3.63, 3.8) is 0 Å². The molecule has 0 radical (unpaired) electrons. The summed E-state index contributed by atoms with van der Waals surface area (Å²) < 4.78 is 0. The second-order valence-corrected chi connectivity index (χ2v) is 5.06. The van der Waals surface area contributed by atoms with Crippen LogP contribution in [0.5, 0.6) is 0 Å². The van der Waals surface area contributed by atoms with E-state index in [-0.39, 0.29) is 5.54 Å². The molecule has 88 valence electrons. The summed E-state index contributed by atoms with van der Waals surface area (Å²) in [6.07, 6.45) is 4.88. The van der Waals surface area contributed by atoms with Crippen molar-refractivity contribution in [2.24, 2.45) is 0 Å². The molecule has 1 saturated carbocycles. The van der Waals surface area contributed by atoms with Gasteiger partial charge >= 0.3 is 0 Å². The first-order valence-corrected chi connectivity index (χ1v) is 6.70. The van der Waals surface area contributed by atoms with Crippen molar-refractivity contribution in [3.05, 3.63) is 35.4 Å². The van der Waals surface area contributed by atoms with Crippen LogP contribution in [0.2, 0.25) is 0 Å². The summed E-state index contributed by atoms with van der Waals surface area (Å²) >= 11 is 6.01. The van der Waals surface area contributed by atoms with Crippen LogP contribution in [-0.2, 0) is 13.0 Å². The third-order valence-corrected chi connectivity index (χ3v) is 4.18. The zero-order valence-electron chi connectivity index (χ0n) is 9.93. The number of hydrogen-bond donors (Lipinski definition) is 1. The molecule has 0 aromatic heterocycles. The minimum atomic E-state index is 0.227. The number of halogens is 1. The molecular formula is C14H20ClN. The summed E-state index contributed by atoms with van der Waals surface area (Å²) in [7, 11) is 0. The standard InChI is InChI=1S/C14H20ClN/c1-2-12-4-6-13(7-5-12)10-16-14(11-15)8-3-9-14/h4-7,16H,2-3,8-11H2,1H3. The molecule has 0 amide bonds. The van der Waals surface area contributed by atoms with E-state index in [4.69, 9.17) is 11.6 Å². The van der Waals surface area contributed by atoms with Gasteiger partial charge in [-0.3, -0.25) is 0 Å². The first-order valence-electron chi connectivity index (χ1n) is 6.17. The van der Waals surface area contributed by atoms with Crippen molar-refractivity contribution in [3.8, 4) is 0 Å². The van der Waals surface area contributed by atoms with Crippen molar-refractivity contribution in [1.29, 1.82) is 0 Å². The Bertz CT molecular complexity index is 322. The second kappa shape index (κ2) is 5.20. The van der Waals surface area contributed by atoms with E-state index < -0.39 is 0 Å². The van der Waals surface area contributed by atoms with Gasteiger partial charge in [0.05, 0.1) is 0 Å². The van der Waals surface area contributed by atoms with Gasteiger partial charge in [-0.2, -0.15) is 0 Å². The lowest BCUT2D eigenvalue weighted by Crippen LogP contribution is -2.52. The van der Waals surface area contributed by atoms with Gasteiger partial charge in [-0.15, -0.1) is 11.6 Å². The van der Waals surface area contributed by atoms with Crippen LogP contribution >= 0.6 is 11.6 Å². The Morgan fingerprint density at radius 2 is 1.81 bits per heavy atom. The molecule has 1 aromatic carbocycles. The van der Waals surface area contributed by atoms with E-state index >= 15 is 0 Å². The van der Waals surface area contributed by atoms with Crippen LogP contribution in [0.1, 0.15) is 37.3 Å². The number of benzene rings is 1. The summed E-state index contributed by atoms with van der Waals surface area (Å²) in [5, 5.41) is 3.60. The lowest BCUT2D eigenvalue weighted by atomic mass is 9.78. The summed E-state index contributed by atoms with van der Waals surface area (Å²) in [6.45, 7) is 3.13. The van der Waals surface area contributed by atoms with Gasteiger partial charge in [0.15, 0.2) is 0 Å². The van der Waals surface area contributed by atoms with Crippen LogP contribution in [0.4, 0.5) is 0 Å². The molecule has 1 aromatic rings. The Balaban J connectivity index is 1.89. The molecule has 1 N–H and O–H groups in total. The molecule has 2 heteroatoms. The number of nitrogens with one attached hydrogen (secondary N) is 1. The minimum absolute atomic E-state index is 0.227. The van der Waals surface area contributed by atoms with E-state index in [0.717, 1.165) is 18.8 Å². The fourth-order valence-electron chi connectivity index (χ4n) is 2.14. The predicted molar refractivity (Wildman–Crippen MR) is 70.0 cm³/mol. The van der Waals surface area contributed by atoms with Gasteiger partial charge in [0, 0.05) is 18.0 Å². The molecule has 1 aliphatic carbocycles. The number of alkyl halides is 1. The zero-order valence-corrected chi connectivity index (χ0v) is 10.7. The van der Waals surface area contributed by atoms with Crippen LogP contribution in [0.15, 0.2) is 24.3 Å². The van der Waals surface area contributed by atoms with Crippen molar-refractivity contribution < 1.29 is 0 Å². The quantitative estimate of drug-likeness (QED) is 0.773. The maximum atomic E-state index is 6.01. The molecule has 0 bridgehead atoms. The molecule has 0 spiro atoms. The highest BCUT2D eigenvalue weighted by Gasteiger charge is 2.35. The molecule has 16 heavy (non-hydrogen) atoms. The predicted octanol–water partition coefficient (Wildman–Crippen LogP) is 3.50. The Labute approximate surface area is 103 Å². The van der Waals surface area contributed by atoms with Crippen LogP contribution in [-0.4, -0.2) is 11.4 Å². The van der Waals surface area contributed by atoms with Crippen molar-refractivity contribution in [1.82, 2.24) is 5.32 Å². The Kier molecular flexibility index (Phi) is 3.88. The number of rotatable bonds is 5. The van der Waals surface area contributed by atoms with Gasteiger partial charge in [0.2, 0.25) is 0 Å². The monoisotopic (exact) mass is 237 g/mol. The fraction of sp³-hybridized carbons (Fsp3) is 0.571. The highest BCUT2D eigenvalue weighted by Crippen LogP contribution is 2.33. The van der Waals surface area contributed by atoms with E-state index in [0.29, 0.717) is 0 Å². The normalized spacial score (nSPS) is 18.1. The Morgan fingerprint density at radius 1 is 1.19 bits per heavy atom. The first kappa shape index (κ1) is 11.9. The largest absolute Gasteiger partial charge is 0.306 e. The van der Waals surface area contributed by atoms with E-state index in [2.05, 4.69) is 36.5 Å². The molecule has 0 aliphatic heterocycles. The average molecular weight is 238 g/mol. The molecule has 0 heterocycles. The maximum Gasteiger partial charge on any atom is 0.0406 e. The number of aryl methyl sites for hydroxylation is 1. The summed E-state index contributed by atoms with van der Waals surface area (Å²) in [4.78, 5) is 0. The van der Waals surface area contributed by atoms with Gasteiger partial charge in [-0.25, -0.2) is 0 Å². The molecule has 2 rings (SSSR count). The SMILES string of the molecule is CCc1ccc(CNC2(CCl)CCC2)cc1. The van der Waals surface area contributed by atoms with Gasteiger partial charge in [-0.1, -0.05) is 31.2 Å². The van der Waals surface area contributed by atoms with Gasteiger partial charge in [0.1, 0.15) is 0 Å². The molecule has 1 aliphatic rings.